The molecular weight excluding hydrogens is 364 g/mol. The fourth-order valence-corrected chi connectivity index (χ4v) is 2.40. The molecule has 2 aromatic carbocycles. The summed E-state index contributed by atoms with van der Waals surface area (Å²) >= 11 is 3.29. The van der Waals surface area contributed by atoms with Crippen LogP contribution in [0.1, 0.15) is 11.5 Å². The zero-order chi connectivity index (χ0) is 16.4. The average molecular weight is 373 g/mol. The van der Waals surface area contributed by atoms with E-state index < -0.39 is 10.5 Å². The van der Waals surface area contributed by atoms with E-state index in [4.69, 9.17) is 4.42 Å². The number of non-ortho nitro benzene ring substituents is 1. The van der Waals surface area contributed by atoms with Gasteiger partial charge in [0.2, 0.25) is 5.89 Å². The molecule has 0 amide bonds. The van der Waals surface area contributed by atoms with Crippen molar-refractivity contribution in [2.75, 3.05) is 0 Å². The summed E-state index contributed by atoms with van der Waals surface area (Å²) in [5.74, 6) is 0.135. The molecule has 0 aliphatic rings. The summed E-state index contributed by atoms with van der Waals surface area (Å²) in [6, 6.07) is 11.3. The van der Waals surface area contributed by atoms with Crippen LogP contribution in [-0.4, -0.2) is 9.91 Å². The Morgan fingerprint density at radius 2 is 2.00 bits per heavy atom. The van der Waals surface area contributed by atoms with Crippen LogP contribution in [0.5, 0.6) is 0 Å². The molecule has 1 heterocycles. The second kappa shape index (κ2) is 6.13. The summed E-state index contributed by atoms with van der Waals surface area (Å²) in [7, 11) is 0. The standard InChI is InChI=1S/C16H9BrN2O4/c17-11-5-6-14-13(9-11)16(20)23-15(18-14)7-4-10-2-1-3-12(8-10)19(21)22/h1-9H/b7-4+. The van der Waals surface area contributed by atoms with Crippen molar-refractivity contribution in [1.29, 1.82) is 0 Å². The van der Waals surface area contributed by atoms with Crippen molar-refractivity contribution in [3.05, 3.63) is 78.9 Å². The van der Waals surface area contributed by atoms with Crippen LogP contribution < -0.4 is 5.63 Å². The fourth-order valence-electron chi connectivity index (χ4n) is 2.04. The number of halogens is 1. The number of rotatable bonds is 3. The molecule has 23 heavy (non-hydrogen) atoms. The normalized spacial score (nSPS) is 11.2. The molecule has 0 aliphatic heterocycles. The lowest BCUT2D eigenvalue weighted by molar-refractivity contribution is -0.384. The highest BCUT2D eigenvalue weighted by molar-refractivity contribution is 9.10. The maximum atomic E-state index is 12.0. The molecule has 114 valence electrons. The van der Waals surface area contributed by atoms with Crippen LogP contribution in [0.15, 0.2) is 56.1 Å². The van der Waals surface area contributed by atoms with Crippen LogP contribution in [0, 0.1) is 10.1 Å². The average Bonchev–Trinajstić information content (AvgIpc) is 2.54. The van der Waals surface area contributed by atoms with Gasteiger partial charge in [0.05, 0.1) is 15.8 Å². The molecule has 0 N–H and O–H groups in total. The molecule has 1 aromatic heterocycles. The van der Waals surface area contributed by atoms with Crippen LogP contribution >= 0.6 is 15.9 Å². The summed E-state index contributed by atoms with van der Waals surface area (Å²) in [4.78, 5) is 26.5. The van der Waals surface area contributed by atoms with Crippen LogP contribution in [0.3, 0.4) is 0 Å². The monoisotopic (exact) mass is 372 g/mol. The van der Waals surface area contributed by atoms with Crippen molar-refractivity contribution in [2.45, 2.75) is 0 Å². The van der Waals surface area contributed by atoms with Crippen LogP contribution in [0.2, 0.25) is 0 Å². The Kier molecular flexibility index (Phi) is 4.03. The van der Waals surface area contributed by atoms with Gasteiger partial charge in [0.25, 0.3) is 5.69 Å². The van der Waals surface area contributed by atoms with E-state index in [1.165, 1.54) is 18.2 Å². The molecule has 0 aliphatic carbocycles. The molecule has 0 saturated heterocycles. The second-order valence-electron chi connectivity index (χ2n) is 4.69. The van der Waals surface area contributed by atoms with Crippen molar-refractivity contribution in [1.82, 2.24) is 4.98 Å². The van der Waals surface area contributed by atoms with E-state index in [2.05, 4.69) is 20.9 Å². The van der Waals surface area contributed by atoms with Crippen molar-refractivity contribution in [3.8, 4) is 0 Å². The third-order valence-corrected chi connectivity index (χ3v) is 3.60. The smallest absolute Gasteiger partial charge is 0.347 e. The molecule has 0 atom stereocenters. The molecule has 0 spiro atoms. The first-order valence-corrected chi connectivity index (χ1v) is 7.35. The Morgan fingerprint density at radius 3 is 2.78 bits per heavy atom. The molecule has 3 rings (SSSR count). The number of aromatic nitrogens is 1. The number of hydrogen-bond donors (Lipinski definition) is 0. The van der Waals surface area contributed by atoms with E-state index in [1.54, 1.807) is 36.4 Å². The van der Waals surface area contributed by atoms with Crippen molar-refractivity contribution < 1.29 is 9.34 Å². The predicted molar refractivity (Wildman–Crippen MR) is 90.0 cm³/mol. The van der Waals surface area contributed by atoms with Crippen molar-refractivity contribution in [2.24, 2.45) is 0 Å². The topological polar surface area (TPSA) is 86.2 Å². The summed E-state index contributed by atoms with van der Waals surface area (Å²) < 4.78 is 5.90. The zero-order valence-electron chi connectivity index (χ0n) is 11.6. The van der Waals surface area contributed by atoms with E-state index in [0.29, 0.717) is 16.5 Å². The van der Waals surface area contributed by atoms with Gasteiger partial charge < -0.3 is 4.42 Å². The Hall–Kier alpha value is -2.80. The number of nitro groups is 1. The van der Waals surface area contributed by atoms with E-state index >= 15 is 0 Å². The van der Waals surface area contributed by atoms with Crippen LogP contribution in [0.4, 0.5) is 5.69 Å². The van der Waals surface area contributed by atoms with E-state index in [1.807, 2.05) is 0 Å². The lowest BCUT2D eigenvalue weighted by atomic mass is 10.2. The maximum Gasteiger partial charge on any atom is 0.347 e. The van der Waals surface area contributed by atoms with Crippen LogP contribution in [0.25, 0.3) is 23.1 Å². The van der Waals surface area contributed by atoms with Gasteiger partial charge in [0.1, 0.15) is 0 Å². The molecule has 0 bridgehead atoms. The summed E-state index contributed by atoms with van der Waals surface area (Å²) in [5, 5.41) is 11.1. The predicted octanol–water partition coefficient (Wildman–Crippen LogP) is 4.03. The minimum absolute atomic E-state index is 0.00933. The second-order valence-corrected chi connectivity index (χ2v) is 5.60. The number of nitrogens with zero attached hydrogens (tertiary/aromatic N) is 2. The first-order chi connectivity index (χ1) is 11.0. The fraction of sp³-hybridized carbons (Fsp3) is 0. The van der Waals surface area contributed by atoms with Gasteiger partial charge in [0.15, 0.2) is 0 Å². The Labute approximate surface area is 138 Å². The highest BCUT2D eigenvalue weighted by Crippen LogP contribution is 2.18. The maximum absolute atomic E-state index is 12.0. The van der Waals surface area contributed by atoms with Gasteiger partial charge >= 0.3 is 5.63 Å². The summed E-state index contributed by atoms with van der Waals surface area (Å²) in [5.41, 5.74) is 0.627. The van der Waals surface area contributed by atoms with E-state index in [0.717, 1.165) is 4.47 Å². The molecule has 0 fully saturated rings. The molecule has 6 nitrogen and oxygen atoms in total. The quantitative estimate of drug-likeness (QED) is 0.511. The zero-order valence-corrected chi connectivity index (χ0v) is 13.2. The Bertz CT molecular complexity index is 995. The number of hydrogen-bond acceptors (Lipinski definition) is 5. The molecule has 3 aromatic rings. The minimum Gasteiger partial charge on any atom is -0.404 e. The van der Waals surface area contributed by atoms with Gasteiger partial charge in [-0.2, -0.15) is 0 Å². The van der Waals surface area contributed by atoms with Gasteiger partial charge in [-0.1, -0.05) is 28.1 Å². The lowest BCUT2D eigenvalue weighted by Crippen LogP contribution is -2.02. The van der Waals surface area contributed by atoms with Crippen molar-refractivity contribution in [3.63, 3.8) is 0 Å². The van der Waals surface area contributed by atoms with Gasteiger partial charge in [-0.15, -0.1) is 0 Å². The Morgan fingerprint density at radius 1 is 1.17 bits per heavy atom. The third-order valence-electron chi connectivity index (χ3n) is 3.11. The number of benzene rings is 2. The first kappa shape index (κ1) is 15.1. The third kappa shape index (κ3) is 3.35. The first-order valence-electron chi connectivity index (χ1n) is 6.56. The van der Waals surface area contributed by atoms with Gasteiger partial charge in [-0.3, -0.25) is 10.1 Å². The largest absolute Gasteiger partial charge is 0.404 e. The van der Waals surface area contributed by atoms with Gasteiger partial charge in [0, 0.05) is 22.7 Å². The van der Waals surface area contributed by atoms with E-state index in [9.17, 15) is 14.9 Å². The Balaban J connectivity index is 1.98. The lowest BCUT2D eigenvalue weighted by Gasteiger charge is -1.98. The molecule has 0 unspecified atom stereocenters. The SMILES string of the molecule is O=c1oc(/C=C/c2cccc([N+](=O)[O-])c2)nc2ccc(Br)cc12. The molecular formula is C16H9BrN2O4. The summed E-state index contributed by atoms with van der Waals surface area (Å²) in [6.07, 6.45) is 3.10. The summed E-state index contributed by atoms with van der Waals surface area (Å²) in [6.45, 7) is 0. The van der Waals surface area contributed by atoms with Gasteiger partial charge in [-0.05, 0) is 29.8 Å². The van der Waals surface area contributed by atoms with E-state index in [-0.39, 0.29) is 11.6 Å². The highest BCUT2D eigenvalue weighted by atomic mass is 79.9. The van der Waals surface area contributed by atoms with Crippen LogP contribution in [-0.2, 0) is 0 Å². The molecule has 0 radical (unpaired) electrons. The van der Waals surface area contributed by atoms with Gasteiger partial charge in [-0.25, -0.2) is 9.78 Å². The van der Waals surface area contributed by atoms with Crippen molar-refractivity contribution >= 4 is 44.7 Å². The molecule has 7 heteroatoms. The molecule has 0 saturated carbocycles. The highest BCUT2D eigenvalue weighted by Gasteiger charge is 2.06. The number of nitro benzene ring substituents is 1. The minimum atomic E-state index is -0.491. The number of fused-ring (bicyclic) bond motifs is 1.